The zero-order valence-corrected chi connectivity index (χ0v) is 19.3. The van der Waals surface area contributed by atoms with Crippen molar-refractivity contribution in [3.8, 4) is 17.0 Å². The van der Waals surface area contributed by atoms with Crippen molar-refractivity contribution in [2.24, 2.45) is 0 Å². The number of aromatic nitrogens is 1. The molecule has 1 aliphatic heterocycles. The summed E-state index contributed by atoms with van der Waals surface area (Å²) in [4.78, 5) is 2.66. The fraction of sp³-hybridized carbons (Fsp3) is 0.217. The fourth-order valence-electron chi connectivity index (χ4n) is 4.54. The molecule has 6 heteroatoms. The molecule has 0 saturated carbocycles. The number of fused-ring (bicyclic) bond motifs is 6. The van der Waals surface area contributed by atoms with E-state index in [2.05, 4.69) is 60.7 Å². The van der Waals surface area contributed by atoms with E-state index < -0.39 is 0 Å². The molecule has 0 amide bonds. The van der Waals surface area contributed by atoms with Gasteiger partial charge in [-0.15, -0.1) is 11.3 Å². The number of hydrogen-bond donors (Lipinski definition) is 0. The second kappa shape index (κ2) is 6.69. The first-order valence-corrected chi connectivity index (χ1v) is 12.1. The minimum atomic E-state index is -0.291. The molecule has 6 rings (SSSR count). The Bertz CT molecular complexity index is 1270. The third kappa shape index (κ3) is 2.83. The first-order chi connectivity index (χ1) is 14.1. The van der Waals surface area contributed by atoms with Crippen LogP contribution in [0.15, 0.2) is 51.4 Å². The highest BCUT2D eigenvalue weighted by Crippen LogP contribution is 2.48. The van der Waals surface area contributed by atoms with Gasteiger partial charge in [-0.25, -0.2) is 4.39 Å². The van der Waals surface area contributed by atoms with Crippen molar-refractivity contribution < 1.29 is 9.13 Å². The Morgan fingerprint density at radius 3 is 2.72 bits per heavy atom. The lowest BCUT2D eigenvalue weighted by Gasteiger charge is -2.29. The molecular weight excluding hydrogens is 517 g/mol. The Morgan fingerprint density at radius 1 is 1.00 bits per heavy atom. The SMILES string of the molecule is Fc1cc(Br)cc2c1-c1cc3cc(Br)ccc3n1C(c1cc3c(s1)CCCC3)O2. The lowest BCUT2D eigenvalue weighted by Crippen LogP contribution is -2.22. The van der Waals surface area contributed by atoms with Gasteiger partial charge in [0.25, 0.3) is 0 Å². The van der Waals surface area contributed by atoms with E-state index in [9.17, 15) is 0 Å². The number of rotatable bonds is 1. The van der Waals surface area contributed by atoms with Gasteiger partial charge in [0.2, 0.25) is 6.23 Å². The van der Waals surface area contributed by atoms with Crippen LogP contribution in [0.25, 0.3) is 22.2 Å². The van der Waals surface area contributed by atoms with Crippen LogP contribution in [0.3, 0.4) is 0 Å². The van der Waals surface area contributed by atoms with Crippen molar-refractivity contribution in [2.45, 2.75) is 31.9 Å². The van der Waals surface area contributed by atoms with Crippen molar-refractivity contribution in [3.63, 3.8) is 0 Å². The van der Waals surface area contributed by atoms with E-state index >= 15 is 4.39 Å². The van der Waals surface area contributed by atoms with Gasteiger partial charge in [0.1, 0.15) is 11.6 Å². The molecule has 2 nitrogen and oxygen atoms in total. The molecule has 0 spiro atoms. The molecule has 146 valence electrons. The summed E-state index contributed by atoms with van der Waals surface area (Å²) in [5.74, 6) is 0.309. The number of nitrogens with zero attached hydrogens (tertiary/aromatic N) is 1. The van der Waals surface area contributed by atoms with Crippen LogP contribution in [0, 0.1) is 5.82 Å². The summed E-state index contributed by atoms with van der Waals surface area (Å²) in [6.07, 6.45) is 4.50. The minimum absolute atomic E-state index is 0.276. The summed E-state index contributed by atoms with van der Waals surface area (Å²) in [7, 11) is 0. The molecule has 4 aromatic rings. The third-order valence-corrected chi connectivity index (χ3v) is 8.03. The average molecular weight is 533 g/mol. The van der Waals surface area contributed by atoms with E-state index in [-0.39, 0.29) is 12.0 Å². The maximum Gasteiger partial charge on any atom is 0.212 e. The molecule has 0 bridgehead atoms. The molecule has 3 heterocycles. The van der Waals surface area contributed by atoms with Crippen LogP contribution in [-0.2, 0) is 12.8 Å². The molecule has 1 atom stereocenters. The smallest absolute Gasteiger partial charge is 0.212 e. The number of benzene rings is 2. The van der Waals surface area contributed by atoms with Crippen LogP contribution in [0.1, 0.15) is 34.4 Å². The van der Waals surface area contributed by atoms with Crippen molar-refractivity contribution >= 4 is 54.1 Å². The van der Waals surface area contributed by atoms with Crippen molar-refractivity contribution in [2.75, 3.05) is 0 Å². The third-order valence-electron chi connectivity index (χ3n) is 5.81. The molecule has 0 saturated heterocycles. The molecule has 2 aliphatic rings. The van der Waals surface area contributed by atoms with E-state index in [0.29, 0.717) is 15.8 Å². The lowest BCUT2D eigenvalue weighted by atomic mass is 9.99. The zero-order valence-electron chi connectivity index (χ0n) is 15.3. The topological polar surface area (TPSA) is 14.2 Å². The number of halogens is 3. The summed E-state index contributed by atoms with van der Waals surface area (Å²) in [6.45, 7) is 0. The van der Waals surface area contributed by atoms with E-state index in [4.69, 9.17) is 4.74 Å². The van der Waals surface area contributed by atoms with Gasteiger partial charge in [-0.3, -0.25) is 4.57 Å². The Hall–Kier alpha value is -1.63. The van der Waals surface area contributed by atoms with Gasteiger partial charge in [-0.1, -0.05) is 31.9 Å². The molecule has 2 aromatic heterocycles. The standard InChI is InChI=1S/C23H16Br2FNOS/c24-14-5-6-17-13(7-14)8-18-22-16(26)10-15(25)11-19(22)28-23(27(17)18)21-9-12-3-1-2-4-20(12)29-21/h5-11,23H,1-4H2. The monoisotopic (exact) mass is 531 g/mol. The predicted molar refractivity (Wildman–Crippen MR) is 122 cm³/mol. The summed E-state index contributed by atoms with van der Waals surface area (Å²) in [5, 5.41) is 1.07. The van der Waals surface area contributed by atoms with Crippen LogP contribution in [-0.4, -0.2) is 4.57 Å². The van der Waals surface area contributed by atoms with E-state index in [0.717, 1.165) is 33.9 Å². The number of thiophene rings is 1. The van der Waals surface area contributed by atoms with Gasteiger partial charge >= 0.3 is 0 Å². The van der Waals surface area contributed by atoms with Crippen LogP contribution >= 0.6 is 43.2 Å². The Balaban J connectivity index is 1.63. The van der Waals surface area contributed by atoms with Crippen LogP contribution in [0.4, 0.5) is 4.39 Å². The summed E-state index contributed by atoms with van der Waals surface area (Å²) in [5.41, 5.74) is 3.89. The van der Waals surface area contributed by atoms with Gasteiger partial charge in [-0.05, 0) is 73.7 Å². The maximum absolute atomic E-state index is 15.0. The van der Waals surface area contributed by atoms with Gasteiger partial charge in [-0.2, -0.15) is 0 Å². The summed E-state index contributed by atoms with van der Waals surface area (Å²) < 4.78 is 25.3. The fourth-order valence-corrected chi connectivity index (χ4v) is 6.60. The molecule has 1 unspecified atom stereocenters. The quantitative estimate of drug-likeness (QED) is 0.243. The largest absolute Gasteiger partial charge is 0.464 e. The summed E-state index contributed by atoms with van der Waals surface area (Å²) in [6, 6.07) is 13.9. The molecule has 0 N–H and O–H groups in total. The molecular formula is C23H16Br2FNOS. The molecule has 2 aromatic carbocycles. The second-order valence-corrected chi connectivity index (χ2v) is 10.6. The molecule has 0 fully saturated rings. The van der Waals surface area contributed by atoms with E-state index in [1.165, 1.54) is 34.2 Å². The lowest BCUT2D eigenvalue weighted by molar-refractivity contribution is 0.176. The zero-order chi connectivity index (χ0) is 19.7. The van der Waals surface area contributed by atoms with Crippen LogP contribution in [0.5, 0.6) is 5.75 Å². The Labute approximate surface area is 188 Å². The normalized spacial score (nSPS) is 17.6. The summed E-state index contributed by atoms with van der Waals surface area (Å²) >= 11 is 8.82. The maximum atomic E-state index is 15.0. The molecule has 29 heavy (non-hydrogen) atoms. The average Bonchev–Trinajstić information content (AvgIpc) is 3.27. The number of aryl methyl sites for hydroxylation is 2. The first kappa shape index (κ1) is 18.2. The number of ether oxygens (including phenoxy) is 1. The van der Waals surface area contributed by atoms with Crippen molar-refractivity contribution in [1.82, 2.24) is 4.57 Å². The van der Waals surface area contributed by atoms with Crippen LogP contribution in [0.2, 0.25) is 0 Å². The predicted octanol–water partition coefficient (Wildman–Crippen LogP) is 7.85. The molecule has 1 aliphatic carbocycles. The van der Waals surface area contributed by atoms with E-state index in [1.54, 1.807) is 0 Å². The highest BCUT2D eigenvalue weighted by molar-refractivity contribution is 9.10. The Morgan fingerprint density at radius 2 is 1.86 bits per heavy atom. The second-order valence-electron chi connectivity index (χ2n) is 7.64. The van der Waals surface area contributed by atoms with Gasteiger partial charge in [0.05, 0.1) is 21.7 Å². The first-order valence-electron chi connectivity index (χ1n) is 9.66. The van der Waals surface area contributed by atoms with Gasteiger partial charge < -0.3 is 4.74 Å². The van der Waals surface area contributed by atoms with Gasteiger partial charge in [0.15, 0.2) is 0 Å². The Kier molecular flexibility index (Phi) is 4.19. The minimum Gasteiger partial charge on any atom is -0.464 e. The van der Waals surface area contributed by atoms with Gasteiger partial charge in [0, 0.05) is 19.2 Å². The highest BCUT2D eigenvalue weighted by atomic mass is 79.9. The van der Waals surface area contributed by atoms with E-state index in [1.807, 2.05) is 23.5 Å². The van der Waals surface area contributed by atoms with Crippen molar-refractivity contribution in [3.05, 3.63) is 72.5 Å². The van der Waals surface area contributed by atoms with Crippen LogP contribution < -0.4 is 4.74 Å². The highest BCUT2D eigenvalue weighted by Gasteiger charge is 2.33. The number of hydrogen-bond acceptors (Lipinski definition) is 2. The van der Waals surface area contributed by atoms with Crippen molar-refractivity contribution in [1.29, 1.82) is 0 Å². The molecule has 0 radical (unpaired) electrons.